The third-order valence-corrected chi connectivity index (χ3v) is 0.744. The fourth-order valence-corrected chi connectivity index (χ4v) is 0.440. The molecule has 0 amide bonds. The molecule has 3 heteroatoms. The molecule has 0 bridgehead atoms. The van der Waals surface area contributed by atoms with Gasteiger partial charge in [0.05, 0.1) is 13.2 Å². The Morgan fingerprint density at radius 3 is 1.71 bits per heavy atom. The van der Waals surface area contributed by atoms with Crippen LogP contribution in [-0.4, -0.2) is 43.9 Å². The van der Waals surface area contributed by atoms with Gasteiger partial charge in [0.2, 0.25) is 0 Å². The molecule has 4 radical (unpaired) electrons. The summed E-state index contributed by atoms with van der Waals surface area (Å²) in [6.07, 6.45) is 1.06. The van der Waals surface area contributed by atoms with Crippen molar-refractivity contribution in [3.8, 4) is 0 Å². The standard InChI is InChI=1S/C4H8O2.Sn/c1-2-5-4-6-3-1;/h1-4H2;. The van der Waals surface area contributed by atoms with Crippen LogP contribution in [-0.2, 0) is 9.47 Å². The molecule has 1 aliphatic heterocycles. The van der Waals surface area contributed by atoms with E-state index in [1.54, 1.807) is 0 Å². The normalized spacial score (nSPS) is 20.6. The van der Waals surface area contributed by atoms with E-state index in [2.05, 4.69) is 0 Å². The second kappa shape index (κ2) is 4.87. The van der Waals surface area contributed by atoms with E-state index in [9.17, 15) is 0 Å². The molecule has 40 valence electrons. The topological polar surface area (TPSA) is 18.5 Å². The molecule has 0 N–H and O–H groups in total. The van der Waals surface area contributed by atoms with Gasteiger partial charge in [-0.25, -0.2) is 0 Å². The molecule has 0 atom stereocenters. The first-order valence-electron chi connectivity index (χ1n) is 2.15. The monoisotopic (exact) mass is 208 g/mol. The first kappa shape index (κ1) is 7.72. The van der Waals surface area contributed by atoms with Crippen LogP contribution in [0, 0.1) is 0 Å². The zero-order valence-corrected chi connectivity index (χ0v) is 7.00. The maximum absolute atomic E-state index is 4.85. The van der Waals surface area contributed by atoms with E-state index in [0.29, 0.717) is 6.79 Å². The van der Waals surface area contributed by atoms with Gasteiger partial charge < -0.3 is 9.47 Å². The molecule has 2 nitrogen and oxygen atoms in total. The SMILES string of the molecule is C1COCOC1.[Sn]. The minimum absolute atomic E-state index is 0. The smallest absolute Gasteiger partial charge is 0.146 e. The van der Waals surface area contributed by atoms with E-state index >= 15 is 0 Å². The molecule has 7 heavy (non-hydrogen) atoms. The average molecular weight is 207 g/mol. The van der Waals surface area contributed by atoms with Crippen molar-refractivity contribution in [2.45, 2.75) is 6.42 Å². The van der Waals surface area contributed by atoms with Crippen LogP contribution in [0.3, 0.4) is 0 Å². The van der Waals surface area contributed by atoms with E-state index in [-0.39, 0.29) is 23.9 Å². The number of ether oxygens (including phenoxy) is 2. The second-order valence-electron chi connectivity index (χ2n) is 1.29. The van der Waals surface area contributed by atoms with Crippen molar-refractivity contribution in [3.05, 3.63) is 0 Å². The van der Waals surface area contributed by atoms with Gasteiger partial charge in [0.25, 0.3) is 0 Å². The minimum atomic E-state index is 0. The Kier molecular flexibility index (Phi) is 5.37. The molecule has 1 aliphatic rings. The molecule has 1 saturated heterocycles. The molecule has 0 spiro atoms. The maximum atomic E-state index is 4.85. The summed E-state index contributed by atoms with van der Waals surface area (Å²) >= 11 is 0. The van der Waals surface area contributed by atoms with Crippen LogP contribution in [0.2, 0.25) is 0 Å². The molecule has 1 heterocycles. The van der Waals surface area contributed by atoms with E-state index in [0.717, 1.165) is 19.6 Å². The van der Waals surface area contributed by atoms with E-state index in [1.165, 1.54) is 0 Å². The van der Waals surface area contributed by atoms with Gasteiger partial charge in [0.15, 0.2) is 0 Å². The van der Waals surface area contributed by atoms with Crippen LogP contribution >= 0.6 is 0 Å². The van der Waals surface area contributed by atoms with Crippen molar-refractivity contribution in [3.63, 3.8) is 0 Å². The zero-order chi connectivity index (χ0) is 4.24. The van der Waals surface area contributed by atoms with Crippen LogP contribution in [0.5, 0.6) is 0 Å². The molecule has 0 aromatic heterocycles. The van der Waals surface area contributed by atoms with Crippen molar-refractivity contribution < 1.29 is 9.47 Å². The largest absolute Gasteiger partial charge is 0.355 e. The molecule has 0 unspecified atom stereocenters. The van der Waals surface area contributed by atoms with Crippen molar-refractivity contribution in [1.29, 1.82) is 0 Å². The molecule has 0 aliphatic carbocycles. The van der Waals surface area contributed by atoms with Gasteiger partial charge in [-0.15, -0.1) is 0 Å². The van der Waals surface area contributed by atoms with Crippen LogP contribution in [0.1, 0.15) is 6.42 Å². The van der Waals surface area contributed by atoms with Crippen LogP contribution in [0.15, 0.2) is 0 Å². The van der Waals surface area contributed by atoms with Crippen molar-refractivity contribution in [1.82, 2.24) is 0 Å². The number of rotatable bonds is 0. The van der Waals surface area contributed by atoms with Gasteiger partial charge in [-0.3, -0.25) is 0 Å². The van der Waals surface area contributed by atoms with Gasteiger partial charge in [-0.05, 0) is 6.42 Å². The molecular formula is C4H8O2Sn. The number of hydrogen-bond acceptors (Lipinski definition) is 2. The van der Waals surface area contributed by atoms with Crippen molar-refractivity contribution in [2.24, 2.45) is 0 Å². The van der Waals surface area contributed by atoms with Gasteiger partial charge in [-0.1, -0.05) is 0 Å². The van der Waals surface area contributed by atoms with Crippen LogP contribution < -0.4 is 0 Å². The van der Waals surface area contributed by atoms with E-state index in [4.69, 9.17) is 9.47 Å². The maximum Gasteiger partial charge on any atom is 0.146 e. The first-order valence-corrected chi connectivity index (χ1v) is 2.15. The Labute approximate surface area is 60.1 Å². The van der Waals surface area contributed by atoms with Gasteiger partial charge in [0.1, 0.15) is 6.79 Å². The summed E-state index contributed by atoms with van der Waals surface area (Å²) in [5, 5.41) is 0. The van der Waals surface area contributed by atoms with Crippen molar-refractivity contribution >= 4 is 23.9 Å². The van der Waals surface area contributed by atoms with E-state index in [1.807, 2.05) is 0 Å². The predicted molar refractivity (Wildman–Crippen MR) is 27.1 cm³/mol. The van der Waals surface area contributed by atoms with Crippen LogP contribution in [0.4, 0.5) is 0 Å². The van der Waals surface area contributed by atoms with Gasteiger partial charge >= 0.3 is 0 Å². The molecule has 0 saturated carbocycles. The Hall–Kier alpha value is 0.719. The predicted octanol–water partition coefficient (Wildman–Crippen LogP) is 0. The fraction of sp³-hybridized carbons (Fsp3) is 1.00. The second-order valence-corrected chi connectivity index (χ2v) is 1.29. The molecule has 0 aromatic carbocycles. The molecule has 0 aromatic rings. The Bertz CT molecular complexity index is 25.2. The quantitative estimate of drug-likeness (QED) is 0.520. The summed E-state index contributed by atoms with van der Waals surface area (Å²) < 4.78 is 9.69. The average Bonchev–Trinajstić information content (AvgIpc) is 1.72. The summed E-state index contributed by atoms with van der Waals surface area (Å²) in [7, 11) is 0. The minimum Gasteiger partial charge on any atom is -0.355 e. The molecule has 1 rings (SSSR count). The summed E-state index contributed by atoms with van der Waals surface area (Å²) in [6, 6.07) is 0. The first-order chi connectivity index (χ1) is 3.00. The summed E-state index contributed by atoms with van der Waals surface area (Å²) in [4.78, 5) is 0. The Morgan fingerprint density at radius 2 is 1.57 bits per heavy atom. The third kappa shape index (κ3) is 3.31. The molecule has 1 fully saturated rings. The Balaban J connectivity index is 0.000000360. The summed E-state index contributed by atoms with van der Waals surface area (Å²) in [6.45, 7) is 2.25. The fourth-order valence-electron chi connectivity index (χ4n) is 0.440. The third-order valence-electron chi connectivity index (χ3n) is 0.744. The summed E-state index contributed by atoms with van der Waals surface area (Å²) in [5.74, 6) is 0. The van der Waals surface area contributed by atoms with Crippen molar-refractivity contribution in [2.75, 3.05) is 20.0 Å². The van der Waals surface area contributed by atoms with Gasteiger partial charge in [0, 0.05) is 23.9 Å². The number of hydrogen-bond donors (Lipinski definition) is 0. The zero-order valence-electron chi connectivity index (χ0n) is 4.14. The molecular weight excluding hydrogens is 199 g/mol. The Morgan fingerprint density at radius 1 is 1.00 bits per heavy atom. The van der Waals surface area contributed by atoms with Crippen LogP contribution in [0.25, 0.3) is 0 Å². The van der Waals surface area contributed by atoms with E-state index < -0.39 is 0 Å². The summed E-state index contributed by atoms with van der Waals surface area (Å²) in [5.41, 5.74) is 0. The van der Waals surface area contributed by atoms with Gasteiger partial charge in [-0.2, -0.15) is 0 Å².